The van der Waals surface area contributed by atoms with Crippen LogP contribution >= 0.6 is 0 Å². The van der Waals surface area contributed by atoms with E-state index >= 15 is 0 Å². The lowest BCUT2D eigenvalue weighted by molar-refractivity contribution is 0.0502. The molecule has 16 heavy (non-hydrogen) atoms. The summed E-state index contributed by atoms with van der Waals surface area (Å²) in [6.07, 6.45) is 3.26. The number of hydrogen-bond acceptors (Lipinski definition) is 3. The molecule has 0 N–H and O–H groups in total. The molecule has 0 atom stereocenters. The predicted molar refractivity (Wildman–Crippen MR) is 64.1 cm³/mol. The molecule has 0 heterocycles. The van der Waals surface area contributed by atoms with Gasteiger partial charge >= 0.3 is 0 Å². The molecule has 0 saturated heterocycles. The van der Waals surface area contributed by atoms with Gasteiger partial charge in [-0.05, 0) is 25.0 Å². The molecule has 0 fully saturated rings. The maximum absolute atomic E-state index is 5.52. The molecule has 0 amide bonds. The Morgan fingerprint density at radius 3 is 2.50 bits per heavy atom. The molecule has 0 aromatic heterocycles. The number of methoxy groups -OCH3 is 2. The molecule has 0 unspecified atom stereocenters. The van der Waals surface area contributed by atoms with E-state index in [-0.39, 0.29) is 6.79 Å². The summed E-state index contributed by atoms with van der Waals surface area (Å²) < 4.78 is 15.8. The van der Waals surface area contributed by atoms with Crippen molar-refractivity contribution in [1.82, 2.24) is 0 Å². The molecule has 0 bridgehead atoms. The fourth-order valence-electron chi connectivity index (χ4n) is 1.59. The van der Waals surface area contributed by atoms with Crippen LogP contribution in [0.2, 0.25) is 0 Å². The van der Waals surface area contributed by atoms with Crippen molar-refractivity contribution in [1.29, 1.82) is 0 Å². The molecule has 3 heteroatoms. The zero-order valence-electron chi connectivity index (χ0n) is 10.3. The van der Waals surface area contributed by atoms with E-state index in [1.54, 1.807) is 14.2 Å². The highest BCUT2D eigenvalue weighted by molar-refractivity contribution is 5.44. The summed E-state index contributed by atoms with van der Waals surface area (Å²) in [4.78, 5) is 0. The monoisotopic (exact) mass is 224 g/mol. The van der Waals surface area contributed by atoms with Gasteiger partial charge in [0.05, 0.1) is 7.11 Å². The van der Waals surface area contributed by atoms with Gasteiger partial charge in [-0.25, -0.2) is 0 Å². The summed E-state index contributed by atoms with van der Waals surface area (Å²) in [5, 5.41) is 0. The number of rotatable bonds is 7. The summed E-state index contributed by atoms with van der Waals surface area (Å²) in [6, 6.07) is 5.84. The first-order chi connectivity index (χ1) is 7.83. The van der Waals surface area contributed by atoms with Crippen LogP contribution in [-0.2, 0) is 11.2 Å². The van der Waals surface area contributed by atoms with Crippen molar-refractivity contribution >= 4 is 0 Å². The van der Waals surface area contributed by atoms with Crippen LogP contribution in [-0.4, -0.2) is 21.0 Å². The maximum atomic E-state index is 5.52. The van der Waals surface area contributed by atoms with Gasteiger partial charge < -0.3 is 14.2 Å². The van der Waals surface area contributed by atoms with Crippen molar-refractivity contribution in [2.24, 2.45) is 0 Å². The number of ether oxygens (including phenoxy) is 3. The standard InChI is InChI=1S/C13H20O3/c1-4-5-7-11-12(15-3)8-6-9-13(11)16-10-14-2/h6,8-9H,4-5,7,10H2,1-3H3. The Balaban J connectivity index is 2.86. The van der Waals surface area contributed by atoms with Gasteiger partial charge in [0.2, 0.25) is 0 Å². The van der Waals surface area contributed by atoms with Crippen LogP contribution in [0.25, 0.3) is 0 Å². The normalized spacial score (nSPS) is 10.2. The first-order valence-electron chi connectivity index (χ1n) is 5.61. The average molecular weight is 224 g/mol. The third kappa shape index (κ3) is 3.42. The Morgan fingerprint density at radius 2 is 1.88 bits per heavy atom. The van der Waals surface area contributed by atoms with E-state index in [9.17, 15) is 0 Å². The molecule has 1 aromatic rings. The second-order valence-electron chi connectivity index (χ2n) is 3.59. The van der Waals surface area contributed by atoms with E-state index in [2.05, 4.69) is 6.92 Å². The zero-order valence-corrected chi connectivity index (χ0v) is 10.3. The molecule has 1 aromatic carbocycles. The predicted octanol–water partition coefficient (Wildman–Crippen LogP) is 3.02. The van der Waals surface area contributed by atoms with E-state index in [0.29, 0.717) is 0 Å². The fraction of sp³-hybridized carbons (Fsp3) is 0.538. The molecule has 1 rings (SSSR count). The minimum atomic E-state index is 0.270. The van der Waals surface area contributed by atoms with Crippen molar-refractivity contribution in [2.45, 2.75) is 26.2 Å². The summed E-state index contributed by atoms with van der Waals surface area (Å²) in [5.41, 5.74) is 1.13. The quantitative estimate of drug-likeness (QED) is 0.666. The van der Waals surface area contributed by atoms with Crippen molar-refractivity contribution in [3.8, 4) is 11.5 Å². The number of hydrogen-bond donors (Lipinski definition) is 0. The van der Waals surface area contributed by atoms with Gasteiger partial charge in [0.1, 0.15) is 11.5 Å². The lowest BCUT2D eigenvalue weighted by Crippen LogP contribution is -2.03. The second-order valence-corrected chi connectivity index (χ2v) is 3.59. The van der Waals surface area contributed by atoms with Gasteiger partial charge in [0.15, 0.2) is 6.79 Å². The van der Waals surface area contributed by atoms with Crippen molar-refractivity contribution < 1.29 is 14.2 Å². The second kappa shape index (κ2) is 7.12. The van der Waals surface area contributed by atoms with Crippen LogP contribution in [0.15, 0.2) is 18.2 Å². The highest BCUT2D eigenvalue weighted by atomic mass is 16.7. The van der Waals surface area contributed by atoms with Crippen molar-refractivity contribution in [2.75, 3.05) is 21.0 Å². The van der Waals surface area contributed by atoms with Crippen molar-refractivity contribution in [3.63, 3.8) is 0 Å². The summed E-state index contributed by atoms with van der Waals surface area (Å²) in [6.45, 7) is 2.44. The van der Waals surface area contributed by atoms with E-state index in [0.717, 1.165) is 36.3 Å². The van der Waals surface area contributed by atoms with E-state index < -0.39 is 0 Å². The van der Waals surface area contributed by atoms with Crippen LogP contribution in [0.4, 0.5) is 0 Å². The Hall–Kier alpha value is -1.22. The lowest BCUT2D eigenvalue weighted by atomic mass is 10.1. The van der Waals surface area contributed by atoms with Gasteiger partial charge in [-0.1, -0.05) is 19.4 Å². The zero-order chi connectivity index (χ0) is 11.8. The highest BCUT2D eigenvalue weighted by Gasteiger charge is 2.09. The van der Waals surface area contributed by atoms with Gasteiger partial charge in [-0.3, -0.25) is 0 Å². The molecular weight excluding hydrogens is 204 g/mol. The molecule has 3 nitrogen and oxygen atoms in total. The Morgan fingerprint density at radius 1 is 1.12 bits per heavy atom. The Bertz CT molecular complexity index is 310. The van der Waals surface area contributed by atoms with Gasteiger partial charge in [-0.15, -0.1) is 0 Å². The summed E-state index contributed by atoms with van der Waals surface area (Å²) in [7, 11) is 3.30. The third-order valence-corrected chi connectivity index (χ3v) is 2.42. The van der Waals surface area contributed by atoms with Crippen LogP contribution in [0, 0.1) is 0 Å². The summed E-state index contributed by atoms with van der Waals surface area (Å²) in [5.74, 6) is 1.75. The molecule has 90 valence electrons. The average Bonchev–Trinajstić information content (AvgIpc) is 2.33. The molecular formula is C13H20O3. The largest absolute Gasteiger partial charge is 0.496 e. The molecule has 0 saturated carbocycles. The minimum absolute atomic E-state index is 0.270. The van der Waals surface area contributed by atoms with E-state index in [1.165, 1.54) is 0 Å². The summed E-state index contributed by atoms with van der Waals surface area (Å²) >= 11 is 0. The Labute approximate surface area is 97.3 Å². The van der Waals surface area contributed by atoms with E-state index in [4.69, 9.17) is 14.2 Å². The van der Waals surface area contributed by atoms with Crippen LogP contribution in [0.5, 0.6) is 11.5 Å². The van der Waals surface area contributed by atoms with Crippen LogP contribution < -0.4 is 9.47 Å². The fourth-order valence-corrected chi connectivity index (χ4v) is 1.59. The SMILES string of the molecule is CCCCc1c(OC)cccc1OCOC. The topological polar surface area (TPSA) is 27.7 Å². The van der Waals surface area contributed by atoms with Gasteiger partial charge in [0, 0.05) is 12.7 Å². The highest BCUT2D eigenvalue weighted by Crippen LogP contribution is 2.29. The molecule has 0 spiro atoms. The first-order valence-corrected chi connectivity index (χ1v) is 5.61. The van der Waals surface area contributed by atoms with Crippen LogP contribution in [0.3, 0.4) is 0 Å². The smallest absolute Gasteiger partial charge is 0.188 e. The molecule has 0 aliphatic heterocycles. The molecule has 0 radical (unpaired) electrons. The number of benzene rings is 1. The molecule has 0 aliphatic carbocycles. The Kier molecular flexibility index (Phi) is 5.72. The molecule has 0 aliphatic rings. The number of unbranched alkanes of at least 4 members (excludes halogenated alkanes) is 1. The van der Waals surface area contributed by atoms with Gasteiger partial charge in [0.25, 0.3) is 0 Å². The third-order valence-electron chi connectivity index (χ3n) is 2.42. The maximum Gasteiger partial charge on any atom is 0.188 e. The van der Waals surface area contributed by atoms with Crippen LogP contribution in [0.1, 0.15) is 25.3 Å². The van der Waals surface area contributed by atoms with Crippen molar-refractivity contribution in [3.05, 3.63) is 23.8 Å². The van der Waals surface area contributed by atoms with Gasteiger partial charge in [-0.2, -0.15) is 0 Å². The lowest BCUT2D eigenvalue weighted by Gasteiger charge is -2.14. The van der Waals surface area contributed by atoms with E-state index in [1.807, 2.05) is 18.2 Å². The first kappa shape index (κ1) is 12.8. The minimum Gasteiger partial charge on any atom is -0.496 e.